The Morgan fingerprint density at radius 3 is 3.05 bits per heavy atom. The van der Waals surface area contributed by atoms with Gasteiger partial charge >= 0.3 is 0 Å². The summed E-state index contributed by atoms with van der Waals surface area (Å²) >= 11 is 0. The van der Waals surface area contributed by atoms with Gasteiger partial charge in [0.2, 0.25) is 0 Å². The summed E-state index contributed by atoms with van der Waals surface area (Å²) in [6.07, 6.45) is 0. The van der Waals surface area contributed by atoms with E-state index in [2.05, 4.69) is 15.5 Å². The molecule has 8 heteroatoms. The van der Waals surface area contributed by atoms with Crippen LogP contribution < -0.4 is 5.32 Å². The molecule has 0 aliphatic carbocycles. The maximum atomic E-state index is 10.9. The summed E-state index contributed by atoms with van der Waals surface area (Å²) < 4.78 is 10.6. The van der Waals surface area contributed by atoms with E-state index in [1.54, 1.807) is 6.07 Å². The van der Waals surface area contributed by atoms with Crippen LogP contribution in [-0.2, 0) is 4.74 Å². The van der Waals surface area contributed by atoms with Crippen molar-refractivity contribution in [3.8, 4) is 11.5 Å². The Labute approximate surface area is 120 Å². The van der Waals surface area contributed by atoms with Crippen molar-refractivity contribution >= 4 is 5.69 Å². The van der Waals surface area contributed by atoms with Gasteiger partial charge in [-0.05, 0) is 12.5 Å². The number of aryl methyl sites for hydroxylation is 1. The number of benzene rings is 1. The van der Waals surface area contributed by atoms with Crippen molar-refractivity contribution in [2.75, 3.05) is 19.8 Å². The molecule has 8 nitrogen and oxygen atoms in total. The van der Waals surface area contributed by atoms with Gasteiger partial charge in [0.25, 0.3) is 11.6 Å². The Morgan fingerprint density at radius 1 is 1.48 bits per heavy atom. The van der Waals surface area contributed by atoms with Crippen molar-refractivity contribution in [3.63, 3.8) is 0 Å². The van der Waals surface area contributed by atoms with Crippen LogP contribution in [0.4, 0.5) is 5.69 Å². The third-order valence-corrected chi connectivity index (χ3v) is 3.34. The number of nitro benzene ring substituents is 1. The van der Waals surface area contributed by atoms with Gasteiger partial charge in [-0.2, -0.15) is 4.98 Å². The van der Waals surface area contributed by atoms with E-state index >= 15 is 0 Å². The molecule has 0 saturated carbocycles. The Morgan fingerprint density at radius 2 is 2.33 bits per heavy atom. The fourth-order valence-electron chi connectivity index (χ4n) is 2.17. The Hall–Kier alpha value is -2.32. The molecule has 0 spiro atoms. The van der Waals surface area contributed by atoms with Gasteiger partial charge in [-0.15, -0.1) is 0 Å². The predicted molar refractivity (Wildman–Crippen MR) is 72.7 cm³/mol. The molecule has 0 bridgehead atoms. The average molecular weight is 290 g/mol. The molecule has 1 aromatic heterocycles. The van der Waals surface area contributed by atoms with Crippen LogP contribution in [0, 0.1) is 17.0 Å². The smallest absolute Gasteiger partial charge is 0.270 e. The largest absolute Gasteiger partial charge is 0.378 e. The molecule has 2 heterocycles. The summed E-state index contributed by atoms with van der Waals surface area (Å²) in [6, 6.07) is 4.44. The number of rotatable bonds is 3. The maximum Gasteiger partial charge on any atom is 0.270 e. The van der Waals surface area contributed by atoms with E-state index in [4.69, 9.17) is 9.26 Å². The number of nitro groups is 1. The highest BCUT2D eigenvalue weighted by Gasteiger charge is 2.22. The zero-order chi connectivity index (χ0) is 14.8. The molecule has 0 amide bonds. The highest BCUT2D eigenvalue weighted by atomic mass is 16.6. The lowest BCUT2D eigenvalue weighted by Crippen LogP contribution is -2.35. The lowest BCUT2D eigenvalue weighted by atomic mass is 10.1. The van der Waals surface area contributed by atoms with Gasteiger partial charge in [-0.1, -0.05) is 11.2 Å². The summed E-state index contributed by atoms with van der Waals surface area (Å²) in [5.41, 5.74) is 1.40. The Kier molecular flexibility index (Phi) is 3.63. The lowest BCUT2D eigenvalue weighted by molar-refractivity contribution is -0.384. The van der Waals surface area contributed by atoms with Crippen LogP contribution in [0.1, 0.15) is 17.4 Å². The second-order valence-corrected chi connectivity index (χ2v) is 4.80. The van der Waals surface area contributed by atoms with Gasteiger partial charge in [0.1, 0.15) is 0 Å². The van der Waals surface area contributed by atoms with E-state index in [-0.39, 0.29) is 17.6 Å². The quantitative estimate of drug-likeness (QED) is 0.676. The summed E-state index contributed by atoms with van der Waals surface area (Å²) in [7, 11) is 0. The SMILES string of the molecule is Cc1ccc([N+](=O)[O-])cc1-c1nc(C2COCCN2)no1. The number of hydrogen-bond acceptors (Lipinski definition) is 7. The summed E-state index contributed by atoms with van der Waals surface area (Å²) in [6.45, 7) is 3.70. The number of aromatic nitrogens is 2. The zero-order valence-electron chi connectivity index (χ0n) is 11.4. The van der Waals surface area contributed by atoms with Gasteiger partial charge in [0, 0.05) is 24.2 Å². The number of morpholine rings is 1. The zero-order valence-corrected chi connectivity index (χ0v) is 11.4. The minimum Gasteiger partial charge on any atom is -0.378 e. The molecule has 1 atom stereocenters. The van der Waals surface area contributed by atoms with E-state index in [0.717, 1.165) is 12.1 Å². The predicted octanol–water partition coefficient (Wildman–Crippen LogP) is 1.61. The number of hydrogen-bond donors (Lipinski definition) is 1. The Bertz CT molecular complexity index is 664. The molecule has 1 saturated heterocycles. The van der Waals surface area contributed by atoms with Gasteiger partial charge < -0.3 is 14.6 Å². The molecule has 2 aromatic rings. The van der Waals surface area contributed by atoms with Gasteiger partial charge in [0.05, 0.1) is 24.2 Å². The van der Waals surface area contributed by atoms with Crippen molar-refractivity contribution < 1.29 is 14.2 Å². The summed E-state index contributed by atoms with van der Waals surface area (Å²) in [5.74, 6) is 0.772. The molecule has 1 unspecified atom stereocenters. The first-order valence-corrected chi connectivity index (χ1v) is 6.55. The highest BCUT2D eigenvalue weighted by Crippen LogP contribution is 2.27. The molecular formula is C13H14N4O4. The third kappa shape index (κ3) is 2.76. The summed E-state index contributed by atoms with van der Waals surface area (Å²) in [4.78, 5) is 14.7. The third-order valence-electron chi connectivity index (χ3n) is 3.34. The van der Waals surface area contributed by atoms with E-state index in [9.17, 15) is 10.1 Å². The topological polar surface area (TPSA) is 103 Å². The molecule has 1 aliphatic heterocycles. The lowest BCUT2D eigenvalue weighted by Gasteiger charge is -2.20. The van der Waals surface area contributed by atoms with E-state index in [1.807, 2.05) is 6.92 Å². The van der Waals surface area contributed by atoms with Crippen molar-refractivity contribution in [2.45, 2.75) is 13.0 Å². The molecule has 21 heavy (non-hydrogen) atoms. The van der Waals surface area contributed by atoms with Crippen molar-refractivity contribution in [3.05, 3.63) is 39.7 Å². The first kappa shape index (κ1) is 13.7. The maximum absolute atomic E-state index is 10.9. The molecule has 1 aromatic carbocycles. The average Bonchev–Trinajstić information content (AvgIpc) is 2.98. The molecule has 1 aliphatic rings. The van der Waals surface area contributed by atoms with Crippen LogP contribution in [0.3, 0.4) is 0 Å². The first-order valence-electron chi connectivity index (χ1n) is 6.55. The molecule has 0 radical (unpaired) electrons. The second kappa shape index (κ2) is 5.58. The number of ether oxygens (including phenoxy) is 1. The second-order valence-electron chi connectivity index (χ2n) is 4.80. The number of nitrogens with one attached hydrogen (secondary N) is 1. The standard InChI is InChI=1S/C13H14N4O4/c1-8-2-3-9(17(18)19)6-10(8)13-15-12(16-21-13)11-7-20-5-4-14-11/h2-3,6,11,14H,4-5,7H2,1H3. The summed E-state index contributed by atoms with van der Waals surface area (Å²) in [5, 5.41) is 18.0. The minimum atomic E-state index is -0.448. The van der Waals surface area contributed by atoms with Crippen LogP contribution in [0.15, 0.2) is 22.7 Å². The normalized spacial score (nSPS) is 18.6. The number of nitrogens with zero attached hydrogens (tertiary/aromatic N) is 3. The highest BCUT2D eigenvalue weighted by molar-refractivity contribution is 5.62. The van der Waals surface area contributed by atoms with Gasteiger partial charge in [-0.3, -0.25) is 10.1 Å². The molecule has 110 valence electrons. The number of non-ortho nitro benzene ring substituents is 1. The van der Waals surface area contributed by atoms with Crippen LogP contribution >= 0.6 is 0 Å². The van der Waals surface area contributed by atoms with Crippen molar-refractivity contribution in [1.29, 1.82) is 0 Å². The first-order chi connectivity index (χ1) is 10.1. The van der Waals surface area contributed by atoms with Crippen molar-refractivity contribution in [2.24, 2.45) is 0 Å². The molecule has 1 fully saturated rings. The fourth-order valence-corrected chi connectivity index (χ4v) is 2.17. The van der Waals surface area contributed by atoms with Gasteiger partial charge in [0.15, 0.2) is 5.82 Å². The fraction of sp³-hybridized carbons (Fsp3) is 0.385. The van der Waals surface area contributed by atoms with Gasteiger partial charge in [-0.25, -0.2) is 0 Å². The molecule has 3 rings (SSSR count). The minimum absolute atomic E-state index is 0.00512. The van der Waals surface area contributed by atoms with Crippen molar-refractivity contribution in [1.82, 2.24) is 15.5 Å². The molecule has 1 N–H and O–H groups in total. The van der Waals surface area contributed by atoms with Crippen LogP contribution in [-0.4, -0.2) is 34.8 Å². The van der Waals surface area contributed by atoms with Crippen LogP contribution in [0.25, 0.3) is 11.5 Å². The molecular weight excluding hydrogens is 276 g/mol. The van der Waals surface area contributed by atoms with Crippen LogP contribution in [0.5, 0.6) is 0 Å². The monoisotopic (exact) mass is 290 g/mol. The van der Waals surface area contributed by atoms with E-state index < -0.39 is 4.92 Å². The van der Waals surface area contributed by atoms with Crippen LogP contribution in [0.2, 0.25) is 0 Å². The Balaban J connectivity index is 1.92. The van der Waals surface area contributed by atoms with E-state index in [0.29, 0.717) is 24.6 Å². The van der Waals surface area contributed by atoms with E-state index in [1.165, 1.54) is 12.1 Å².